The molecule has 3 saturated carbocycles. The van der Waals surface area contributed by atoms with Crippen molar-refractivity contribution in [3.63, 3.8) is 0 Å². The van der Waals surface area contributed by atoms with E-state index in [1.54, 1.807) is 13.8 Å². The van der Waals surface area contributed by atoms with E-state index < -0.39 is 0 Å². The van der Waals surface area contributed by atoms with Gasteiger partial charge in [0, 0.05) is 18.6 Å². The molecule has 21 heavy (non-hydrogen) atoms. The largest absolute Gasteiger partial charge is 0.396 e. The third kappa shape index (κ3) is 3.61. The number of rotatable bonds is 4. The molecular weight excluding hydrogens is 268 g/mol. The lowest BCUT2D eigenvalue weighted by Crippen LogP contribution is -2.26. The van der Waals surface area contributed by atoms with E-state index in [9.17, 15) is 10.2 Å². The molecule has 0 aromatic carbocycles. The molecule has 3 fully saturated rings. The first-order chi connectivity index (χ1) is 9.95. The second kappa shape index (κ2) is 6.95. The van der Waals surface area contributed by atoms with Gasteiger partial charge in [-0.05, 0) is 61.2 Å². The highest BCUT2D eigenvalue weighted by Gasteiger charge is 2.55. The first kappa shape index (κ1) is 17.2. The summed E-state index contributed by atoms with van der Waals surface area (Å²) < 4.78 is 0. The maximum Gasteiger partial charge on any atom is 0.0504 e. The summed E-state index contributed by atoms with van der Waals surface area (Å²) in [7, 11) is 0. The molecule has 0 aliphatic heterocycles. The molecular formula is C17H32O4. The van der Waals surface area contributed by atoms with Gasteiger partial charge in [0.1, 0.15) is 0 Å². The summed E-state index contributed by atoms with van der Waals surface area (Å²) in [5.41, 5.74) is -0.306. The van der Waals surface area contributed by atoms with E-state index in [2.05, 4.69) is 0 Å². The number of aliphatic hydroxyl groups is 4. The van der Waals surface area contributed by atoms with Crippen LogP contribution in [0.4, 0.5) is 0 Å². The van der Waals surface area contributed by atoms with E-state index in [1.165, 1.54) is 25.7 Å². The Bertz CT molecular complexity index is 323. The van der Waals surface area contributed by atoms with Gasteiger partial charge >= 0.3 is 0 Å². The minimum absolute atomic E-state index is 0.0451. The van der Waals surface area contributed by atoms with Crippen LogP contribution in [-0.4, -0.2) is 46.9 Å². The quantitative estimate of drug-likeness (QED) is 0.630. The topological polar surface area (TPSA) is 80.9 Å². The Morgan fingerprint density at radius 2 is 1.38 bits per heavy atom. The molecule has 0 saturated heterocycles. The van der Waals surface area contributed by atoms with E-state index in [-0.39, 0.29) is 18.6 Å². The summed E-state index contributed by atoms with van der Waals surface area (Å²) in [6, 6.07) is 0. The molecule has 2 bridgehead atoms. The summed E-state index contributed by atoms with van der Waals surface area (Å²) in [4.78, 5) is 0. The van der Waals surface area contributed by atoms with Gasteiger partial charge in [-0.2, -0.15) is 0 Å². The van der Waals surface area contributed by atoms with Crippen LogP contribution in [0.3, 0.4) is 0 Å². The Labute approximate surface area is 128 Å². The smallest absolute Gasteiger partial charge is 0.0504 e. The molecule has 0 spiro atoms. The van der Waals surface area contributed by atoms with Crippen molar-refractivity contribution in [3.8, 4) is 0 Å². The Kier molecular flexibility index (Phi) is 5.69. The van der Waals surface area contributed by atoms with Crippen molar-refractivity contribution in [1.29, 1.82) is 0 Å². The van der Waals surface area contributed by atoms with Crippen molar-refractivity contribution in [1.82, 2.24) is 0 Å². The highest BCUT2D eigenvalue weighted by atomic mass is 16.3. The molecule has 4 nitrogen and oxygen atoms in total. The van der Waals surface area contributed by atoms with Crippen LogP contribution < -0.4 is 0 Å². The highest BCUT2D eigenvalue weighted by molar-refractivity contribution is 5.04. The first-order valence-electron chi connectivity index (χ1n) is 8.39. The first-order valence-corrected chi connectivity index (χ1v) is 8.39. The summed E-state index contributed by atoms with van der Waals surface area (Å²) in [5.74, 6) is 4.61. The van der Waals surface area contributed by atoms with Crippen LogP contribution in [0.5, 0.6) is 0 Å². The van der Waals surface area contributed by atoms with Crippen molar-refractivity contribution in [2.45, 2.75) is 39.5 Å². The fourth-order valence-electron chi connectivity index (χ4n) is 4.73. The zero-order valence-corrected chi connectivity index (χ0v) is 13.4. The van der Waals surface area contributed by atoms with E-state index in [1.807, 2.05) is 0 Å². The second-order valence-corrected chi connectivity index (χ2v) is 8.17. The second-order valence-electron chi connectivity index (χ2n) is 8.17. The van der Waals surface area contributed by atoms with Crippen LogP contribution in [0.1, 0.15) is 39.5 Å². The lowest BCUT2D eigenvalue weighted by Gasteiger charge is -2.30. The van der Waals surface area contributed by atoms with Crippen LogP contribution in [0, 0.1) is 40.9 Å². The minimum atomic E-state index is -0.306. The normalized spacial score (nSPS) is 40.9. The number of aliphatic hydroxyl groups excluding tert-OH is 4. The van der Waals surface area contributed by atoms with Gasteiger partial charge in [0.25, 0.3) is 0 Å². The van der Waals surface area contributed by atoms with Crippen molar-refractivity contribution in [2.75, 3.05) is 26.4 Å². The molecule has 124 valence electrons. The summed E-state index contributed by atoms with van der Waals surface area (Å²) in [6.07, 6.45) is 5.14. The van der Waals surface area contributed by atoms with Crippen molar-refractivity contribution < 1.29 is 20.4 Å². The number of fused-ring (bicyclic) bond motifs is 5. The monoisotopic (exact) mass is 300 g/mol. The predicted molar refractivity (Wildman–Crippen MR) is 81.5 cm³/mol. The van der Waals surface area contributed by atoms with Crippen molar-refractivity contribution in [2.24, 2.45) is 40.9 Å². The van der Waals surface area contributed by atoms with Gasteiger partial charge in [-0.15, -0.1) is 0 Å². The molecule has 0 aromatic rings. The lowest BCUT2D eigenvalue weighted by atomic mass is 9.76. The van der Waals surface area contributed by atoms with Gasteiger partial charge in [-0.3, -0.25) is 0 Å². The molecule has 3 rings (SSSR count). The maximum atomic E-state index is 9.28. The molecule has 6 unspecified atom stereocenters. The Hall–Kier alpha value is -0.160. The Morgan fingerprint density at radius 1 is 0.762 bits per heavy atom. The Balaban J connectivity index is 0.000000199. The molecule has 3 aliphatic carbocycles. The minimum Gasteiger partial charge on any atom is -0.396 e. The van der Waals surface area contributed by atoms with Gasteiger partial charge < -0.3 is 20.4 Å². The molecule has 0 radical (unpaired) electrons. The zero-order valence-electron chi connectivity index (χ0n) is 13.4. The third-order valence-corrected chi connectivity index (χ3v) is 6.05. The number of hydrogen-bond acceptors (Lipinski definition) is 4. The summed E-state index contributed by atoms with van der Waals surface area (Å²) >= 11 is 0. The van der Waals surface area contributed by atoms with Crippen LogP contribution in [0.15, 0.2) is 0 Å². The maximum absolute atomic E-state index is 9.28. The van der Waals surface area contributed by atoms with Gasteiger partial charge in [0.05, 0.1) is 13.2 Å². The lowest BCUT2D eigenvalue weighted by molar-refractivity contribution is 0.0857. The Morgan fingerprint density at radius 3 is 1.86 bits per heavy atom. The average Bonchev–Trinajstić information content (AvgIpc) is 3.17. The van der Waals surface area contributed by atoms with E-state index >= 15 is 0 Å². The number of hydrogen-bond donors (Lipinski definition) is 4. The molecule has 0 heterocycles. The summed E-state index contributed by atoms with van der Waals surface area (Å²) in [5, 5.41) is 35.3. The molecule has 3 aliphatic rings. The van der Waals surface area contributed by atoms with Gasteiger partial charge in [0.2, 0.25) is 0 Å². The van der Waals surface area contributed by atoms with E-state index in [0.29, 0.717) is 25.0 Å². The van der Waals surface area contributed by atoms with E-state index in [0.717, 1.165) is 23.7 Å². The SMILES string of the molecule is CC(C)(CO)CO.OCC1CC2C3CC(CO)C(C3)C2C1. The molecule has 0 amide bonds. The highest BCUT2D eigenvalue weighted by Crippen LogP contribution is 2.61. The van der Waals surface area contributed by atoms with Crippen LogP contribution in [0.25, 0.3) is 0 Å². The molecule has 4 heteroatoms. The van der Waals surface area contributed by atoms with E-state index in [4.69, 9.17) is 10.2 Å². The van der Waals surface area contributed by atoms with Crippen LogP contribution >= 0.6 is 0 Å². The fourth-order valence-corrected chi connectivity index (χ4v) is 4.73. The third-order valence-electron chi connectivity index (χ3n) is 6.05. The molecule has 6 atom stereocenters. The van der Waals surface area contributed by atoms with Gasteiger partial charge in [0.15, 0.2) is 0 Å². The fraction of sp³-hybridized carbons (Fsp3) is 1.00. The van der Waals surface area contributed by atoms with Crippen LogP contribution in [-0.2, 0) is 0 Å². The summed E-state index contributed by atoms with van der Waals surface area (Å²) in [6.45, 7) is 4.47. The average molecular weight is 300 g/mol. The van der Waals surface area contributed by atoms with Crippen LogP contribution in [0.2, 0.25) is 0 Å². The van der Waals surface area contributed by atoms with Gasteiger partial charge in [-0.1, -0.05) is 13.8 Å². The standard InChI is InChI=1S/C12H20O2.C5H12O2/c13-5-7-1-10-8-3-9(6-14)11(4-8)12(10)2-7;1-5(2,3-6)4-7/h7-14H,1-6H2;6-7H,3-4H2,1-2H3. The van der Waals surface area contributed by atoms with Crippen molar-refractivity contribution >= 4 is 0 Å². The molecule has 4 N–H and O–H groups in total. The zero-order chi connectivity index (χ0) is 15.6. The van der Waals surface area contributed by atoms with Gasteiger partial charge in [-0.25, -0.2) is 0 Å². The molecule has 0 aromatic heterocycles. The predicted octanol–water partition coefficient (Wildman–Crippen LogP) is 1.27. The van der Waals surface area contributed by atoms with Crippen molar-refractivity contribution in [3.05, 3.63) is 0 Å².